The molecule has 0 saturated carbocycles. The van der Waals surface area contributed by atoms with Gasteiger partial charge in [0, 0.05) is 15.6 Å². The number of methoxy groups -OCH3 is 1. The number of hydrogen-bond acceptors (Lipinski definition) is 2. The summed E-state index contributed by atoms with van der Waals surface area (Å²) in [6, 6.07) is 3.91. The van der Waals surface area contributed by atoms with Gasteiger partial charge in [0.1, 0.15) is 5.75 Å². The first kappa shape index (κ1) is 11.5. The minimum Gasteiger partial charge on any atom is -0.496 e. The van der Waals surface area contributed by atoms with Gasteiger partial charge in [-0.3, -0.25) is 0 Å². The molecule has 0 spiro atoms. The quantitative estimate of drug-likeness (QED) is 0.885. The third kappa shape index (κ3) is 2.10. The number of ether oxygens (including phenoxy) is 1. The van der Waals surface area contributed by atoms with E-state index in [1.807, 2.05) is 32.9 Å². The Labute approximate surface area is 93.6 Å². The number of rotatable bonds is 2. The van der Waals surface area contributed by atoms with Crippen LogP contribution in [0.5, 0.6) is 5.75 Å². The summed E-state index contributed by atoms with van der Waals surface area (Å²) < 4.78 is 6.37. The summed E-state index contributed by atoms with van der Waals surface area (Å²) in [5, 5.41) is 0. The highest BCUT2D eigenvalue weighted by Gasteiger charge is 2.22. The summed E-state index contributed by atoms with van der Waals surface area (Å²) in [6.45, 7) is 5.99. The predicted molar refractivity (Wildman–Crippen MR) is 62.6 cm³/mol. The van der Waals surface area contributed by atoms with Crippen LogP contribution in [-0.4, -0.2) is 7.11 Å². The lowest BCUT2D eigenvalue weighted by Gasteiger charge is -2.25. The van der Waals surface area contributed by atoms with Gasteiger partial charge in [0.2, 0.25) is 0 Å². The minimum absolute atomic E-state index is 0.390. The molecule has 2 N–H and O–H groups in total. The molecule has 3 heteroatoms. The lowest BCUT2D eigenvalue weighted by atomic mass is 9.90. The second-order valence-corrected chi connectivity index (χ2v) is 4.83. The van der Waals surface area contributed by atoms with Gasteiger partial charge in [-0.05, 0) is 38.5 Å². The van der Waals surface area contributed by atoms with Crippen molar-refractivity contribution in [3.05, 3.63) is 27.7 Å². The van der Waals surface area contributed by atoms with Gasteiger partial charge >= 0.3 is 0 Å². The highest BCUT2D eigenvalue weighted by Crippen LogP contribution is 2.34. The molecule has 1 aromatic rings. The van der Waals surface area contributed by atoms with Crippen molar-refractivity contribution in [3.8, 4) is 5.75 Å². The molecule has 2 nitrogen and oxygen atoms in total. The number of hydrogen-bond donors (Lipinski definition) is 1. The molecule has 0 radical (unpaired) electrons. The molecule has 0 heterocycles. The first-order chi connectivity index (χ1) is 6.38. The minimum atomic E-state index is -0.390. The van der Waals surface area contributed by atoms with Crippen molar-refractivity contribution >= 4 is 15.9 Å². The molecule has 0 unspecified atom stereocenters. The average Bonchev–Trinajstić information content (AvgIpc) is 2.07. The summed E-state index contributed by atoms with van der Waals surface area (Å²) in [6.07, 6.45) is 0. The van der Waals surface area contributed by atoms with Crippen molar-refractivity contribution in [2.45, 2.75) is 26.3 Å². The number of halogens is 1. The highest BCUT2D eigenvalue weighted by atomic mass is 79.9. The summed E-state index contributed by atoms with van der Waals surface area (Å²) in [5.74, 6) is 0.846. The molecule has 0 atom stereocenters. The molecule has 1 aromatic carbocycles. The van der Waals surface area contributed by atoms with E-state index in [0.29, 0.717) is 0 Å². The normalized spacial score (nSPS) is 11.6. The molecule has 0 aliphatic heterocycles. The third-order valence-electron chi connectivity index (χ3n) is 2.22. The Balaban J connectivity index is 3.44. The summed E-state index contributed by atoms with van der Waals surface area (Å²) in [4.78, 5) is 0. The van der Waals surface area contributed by atoms with Crippen molar-refractivity contribution < 1.29 is 4.74 Å². The van der Waals surface area contributed by atoms with Crippen LogP contribution in [0, 0.1) is 6.92 Å². The van der Waals surface area contributed by atoms with E-state index in [1.54, 1.807) is 7.11 Å². The molecular weight excluding hydrogens is 242 g/mol. The Morgan fingerprint density at radius 2 is 1.93 bits per heavy atom. The zero-order chi connectivity index (χ0) is 10.9. The molecule has 1 rings (SSSR count). The van der Waals surface area contributed by atoms with Crippen LogP contribution in [-0.2, 0) is 5.54 Å². The van der Waals surface area contributed by atoms with E-state index in [9.17, 15) is 0 Å². The van der Waals surface area contributed by atoms with E-state index < -0.39 is 0 Å². The van der Waals surface area contributed by atoms with E-state index in [2.05, 4.69) is 15.9 Å². The molecule has 0 amide bonds. The lowest BCUT2D eigenvalue weighted by molar-refractivity contribution is 0.393. The molecule has 14 heavy (non-hydrogen) atoms. The Morgan fingerprint density at radius 3 is 2.36 bits per heavy atom. The van der Waals surface area contributed by atoms with Crippen molar-refractivity contribution in [2.24, 2.45) is 5.73 Å². The standard InChI is InChI=1S/C11H16BrNO/c1-7-8(12)5-6-9(14-4)10(7)11(2,3)13/h5-6H,13H2,1-4H3. The second-order valence-electron chi connectivity index (χ2n) is 3.97. The van der Waals surface area contributed by atoms with Crippen LogP contribution in [0.4, 0.5) is 0 Å². The van der Waals surface area contributed by atoms with Crippen LogP contribution >= 0.6 is 15.9 Å². The van der Waals surface area contributed by atoms with Gasteiger partial charge in [-0.2, -0.15) is 0 Å². The van der Waals surface area contributed by atoms with Crippen LogP contribution in [0.15, 0.2) is 16.6 Å². The van der Waals surface area contributed by atoms with E-state index in [4.69, 9.17) is 10.5 Å². The maximum absolute atomic E-state index is 6.10. The molecule has 78 valence electrons. The highest BCUT2D eigenvalue weighted by molar-refractivity contribution is 9.10. The topological polar surface area (TPSA) is 35.2 Å². The molecule has 0 fully saturated rings. The smallest absolute Gasteiger partial charge is 0.124 e. The van der Waals surface area contributed by atoms with Gasteiger partial charge in [-0.15, -0.1) is 0 Å². The Bertz CT molecular complexity index is 342. The number of nitrogens with two attached hydrogens (primary N) is 1. The van der Waals surface area contributed by atoms with Crippen LogP contribution in [0.2, 0.25) is 0 Å². The van der Waals surface area contributed by atoms with Gasteiger partial charge in [-0.25, -0.2) is 0 Å². The fourth-order valence-electron chi connectivity index (χ4n) is 1.63. The SMILES string of the molecule is COc1ccc(Br)c(C)c1C(C)(C)N. The second kappa shape index (κ2) is 3.91. The van der Waals surface area contributed by atoms with Gasteiger partial charge in [0.15, 0.2) is 0 Å². The average molecular weight is 258 g/mol. The first-order valence-corrected chi connectivity index (χ1v) is 5.29. The van der Waals surface area contributed by atoms with Crippen LogP contribution in [0.1, 0.15) is 25.0 Å². The van der Waals surface area contributed by atoms with Gasteiger partial charge in [-0.1, -0.05) is 15.9 Å². The summed E-state index contributed by atoms with van der Waals surface area (Å²) in [7, 11) is 1.66. The van der Waals surface area contributed by atoms with E-state index in [0.717, 1.165) is 21.3 Å². The fourth-order valence-corrected chi connectivity index (χ4v) is 1.96. The van der Waals surface area contributed by atoms with Crippen molar-refractivity contribution in [3.63, 3.8) is 0 Å². The molecule has 0 aliphatic carbocycles. The zero-order valence-electron chi connectivity index (χ0n) is 9.02. The lowest BCUT2D eigenvalue weighted by Crippen LogP contribution is -2.30. The van der Waals surface area contributed by atoms with Gasteiger partial charge in [0.25, 0.3) is 0 Å². The molecule has 0 aromatic heterocycles. The molecule has 0 aliphatic rings. The van der Waals surface area contributed by atoms with Gasteiger partial charge in [0.05, 0.1) is 7.11 Å². The molecular formula is C11H16BrNO. The van der Waals surface area contributed by atoms with Crippen molar-refractivity contribution in [2.75, 3.05) is 7.11 Å². The molecule has 0 bridgehead atoms. The zero-order valence-corrected chi connectivity index (χ0v) is 10.6. The maximum Gasteiger partial charge on any atom is 0.124 e. The van der Waals surface area contributed by atoms with E-state index in [1.165, 1.54) is 0 Å². The molecule has 0 saturated heterocycles. The van der Waals surface area contributed by atoms with Crippen molar-refractivity contribution in [1.82, 2.24) is 0 Å². The maximum atomic E-state index is 6.10. The monoisotopic (exact) mass is 257 g/mol. The predicted octanol–water partition coefficient (Wildman–Crippen LogP) is 2.96. The van der Waals surface area contributed by atoms with Crippen LogP contribution in [0.3, 0.4) is 0 Å². The van der Waals surface area contributed by atoms with Crippen molar-refractivity contribution in [1.29, 1.82) is 0 Å². The first-order valence-electron chi connectivity index (χ1n) is 4.50. The number of benzene rings is 1. The Kier molecular flexibility index (Phi) is 3.22. The van der Waals surface area contributed by atoms with E-state index in [-0.39, 0.29) is 5.54 Å². The van der Waals surface area contributed by atoms with Crippen LogP contribution in [0.25, 0.3) is 0 Å². The Morgan fingerprint density at radius 1 is 1.36 bits per heavy atom. The summed E-state index contributed by atoms with van der Waals surface area (Å²) in [5.41, 5.74) is 7.90. The third-order valence-corrected chi connectivity index (χ3v) is 3.08. The Hall–Kier alpha value is -0.540. The fraction of sp³-hybridized carbons (Fsp3) is 0.455. The van der Waals surface area contributed by atoms with E-state index >= 15 is 0 Å². The largest absolute Gasteiger partial charge is 0.496 e. The van der Waals surface area contributed by atoms with Gasteiger partial charge < -0.3 is 10.5 Å². The summed E-state index contributed by atoms with van der Waals surface area (Å²) >= 11 is 3.49. The van der Waals surface area contributed by atoms with Crippen LogP contribution < -0.4 is 10.5 Å².